The molecule has 0 aliphatic carbocycles. The van der Waals surface area contributed by atoms with Crippen LogP contribution < -0.4 is 10.5 Å². The molecule has 1 heterocycles. The summed E-state index contributed by atoms with van der Waals surface area (Å²) in [7, 11) is 1.67. The first-order valence-electron chi connectivity index (χ1n) is 6.43. The summed E-state index contributed by atoms with van der Waals surface area (Å²) in [5, 5.41) is 9.67. The predicted octanol–water partition coefficient (Wildman–Crippen LogP) is 1.15. The highest BCUT2D eigenvalue weighted by molar-refractivity contribution is 5.31. The molecule has 100 valence electrons. The second-order valence-electron chi connectivity index (χ2n) is 5.02. The second kappa shape index (κ2) is 5.69. The molecule has 3 unspecified atom stereocenters. The van der Waals surface area contributed by atoms with Crippen LogP contribution in [-0.2, 0) is 0 Å². The Kier molecular flexibility index (Phi) is 4.22. The van der Waals surface area contributed by atoms with Gasteiger partial charge >= 0.3 is 0 Å². The van der Waals surface area contributed by atoms with Gasteiger partial charge in [0.25, 0.3) is 0 Å². The number of aliphatic hydroxyl groups excluding tert-OH is 1. The van der Waals surface area contributed by atoms with Crippen molar-refractivity contribution in [3.63, 3.8) is 0 Å². The first-order valence-corrected chi connectivity index (χ1v) is 6.43. The van der Waals surface area contributed by atoms with Crippen molar-refractivity contribution in [2.24, 2.45) is 5.73 Å². The third-order valence-electron chi connectivity index (χ3n) is 3.52. The average molecular weight is 250 g/mol. The number of hydrogen-bond acceptors (Lipinski definition) is 4. The van der Waals surface area contributed by atoms with Gasteiger partial charge in [-0.15, -0.1) is 0 Å². The van der Waals surface area contributed by atoms with Gasteiger partial charge in [0.05, 0.1) is 13.2 Å². The summed E-state index contributed by atoms with van der Waals surface area (Å²) in [4.78, 5) is 2.25. The molecule has 0 bridgehead atoms. The molecule has 1 fully saturated rings. The summed E-state index contributed by atoms with van der Waals surface area (Å²) in [5.41, 5.74) is 7.27. The minimum absolute atomic E-state index is 0.0161. The zero-order valence-electron chi connectivity index (χ0n) is 11.0. The summed E-state index contributed by atoms with van der Waals surface area (Å²) in [6.07, 6.45) is 0.601. The van der Waals surface area contributed by atoms with Gasteiger partial charge in [-0.25, -0.2) is 0 Å². The zero-order chi connectivity index (χ0) is 13.1. The summed E-state index contributed by atoms with van der Waals surface area (Å²) < 4.78 is 5.26. The van der Waals surface area contributed by atoms with Crippen LogP contribution in [0.25, 0.3) is 0 Å². The minimum atomic E-state index is -0.225. The van der Waals surface area contributed by atoms with Crippen LogP contribution in [0.5, 0.6) is 5.75 Å². The van der Waals surface area contributed by atoms with E-state index in [-0.39, 0.29) is 18.2 Å². The number of hydrogen-bond donors (Lipinski definition) is 2. The summed E-state index contributed by atoms with van der Waals surface area (Å²) >= 11 is 0. The Labute approximate surface area is 108 Å². The molecule has 1 saturated heterocycles. The molecule has 0 saturated carbocycles. The average Bonchev–Trinajstić information content (AvgIpc) is 2.75. The van der Waals surface area contributed by atoms with Gasteiger partial charge < -0.3 is 15.6 Å². The van der Waals surface area contributed by atoms with Gasteiger partial charge in [-0.1, -0.05) is 12.1 Å². The zero-order valence-corrected chi connectivity index (χ0v) is 11.0. The molecule has 0 aromatic heterocycles. The Bertz CT molecular complexity index is 395. The van der Waals surface area contributed by atoms with Gasteiger partial charge in [0, 0.05) is 25.2 Å². The molecule has 0 amide bonds. The number of rotatable bonds is 4. The summed E-state index contributed by atoms with van der Waals surface area (Å²) in [6, 6.07) is 8.16. The van der Waals surface area contributed by atoms with Gasteiger partial charge in [-0.2, -0.15) is 0 Å². The van der Waals surface area contributed by atoms with Crippen LogP contribution in [-0.4, -0.2) is 42.4 Å². The van der Waals surface area contributed by atoms with Crippen molar-refractivity contribution in [2.45, 2.75) is 31.5 Å². The Morgan fingerprint density at radius 3 is 2.83 bits per heavy atom. The number of methoxy groups -OCH3 is 1. The van der Waals surface area contributed by atoms with E-state index in [0.29, 0.717) is 6.54 Å². The molecule has 3 atom stereocenters. The van der Waals surface area contributed by atoms with Crippen LogP contribution in [0, 0.1) is 0 Å². The fourth-order valence-electron chi connectivity index (χ4n) is 2.69. The molecule has 1 aliphatic rings. The fraction of sp³-hybridized carbons (Fsp3) is 0.571. The lowest BCUT2D eigenvalue weighted by molar-refractivity contribution is 0.151. The lowest BCUT2D eigenvalue weighted by Gasteiger charge is -2.31. The molecule has 2 rings (SSSR count). The molecule has 1 aromatic carbocycles. The van der Waals surface area contributed by atoms with E-state index in [1.807, 2.05) is 25.1 Å². The Morgan fingerprint density at radius 1 is 1.50 bits per heavy atom. The largest absolute Gasteiger partial charge is 0.497 e. The van der Waals surface area contributed by atoms with Crippen molar-refractivity contribution in [3.05, 3.63) is 29.8 Å². The third-order valence-corrected chi connectivity index (χ3v) is 3.52. The van der Waals surface area contributed by atoms with E-state index in [1.54, 1.807) is 7.11 Å². The second-order valence-corrected chi connectivity index (χ2v) is 5.02. The number of β-amino-alcohol motifs (C(OH)–C–C–N with tert-alkyl or cyclic N) is 1. The van der Waals surface area contributed by atoms with E-state index in [2.05, 4.69) is 11.0 Å². The van der Waals surface area contributed by atoms with Crippen molar-refractivity contribution >= 4 is 0 Å². The highest BCUT2D eigenvalue weighted by Crippen LogP contribution is 2.29. The van der Waals surface area contributed by atoms with Gasteiger partial charge in [0.2, 0.25) is 0 Å². The maximum Gasteiger partial charge on any atom is 0.119 e. The van der Waals surface area contributed by atoms with E-state index in [4.69, 9.17) is 10.5 Å². The number of nitrogens with zero attached hydrogens (tertiary/aromatic N) is 1. The first kappa shape index (κ1) is 13.3. The van der Waals surface area contributed by atoms with Crippen LogP contribution in [0.15, 0.2) is 24.3 Å². The van der Waals surface area contributed by atoms with Gasteiger partial charge in [0.15, 0.2) is 0 Å². The molecular formula is C14H22N2O2. The first-order chi connectivity index (χ1) is 8.61. The minimum Gasteiger partial charge on any atom is -0.497 e. The highest BCUT2D eigenvalue weighted by Gasteiger charge is 2.30. The van der Waals surface area contributed by atoms with Crippen LogP contribution in [0.4, 0.5) is 0 Å². The van der Waals surface area contributed by atoms with E-state index in [1.165, 1.54) is 0 Å². The molecule has 3 N–H and O–H groups in total. The van der Waals surface area contributed by atoms with E-state index in [0.717, 1.165) is 24.3 Å². The van der Waals surface area contributed by atoms with E-state index >= 15 is 0 Å². The smallest absolute Gasteiger partial charge is 0.119 e. The number of aliphatic hydroxyl groups is 1. The van der Waals surface area contributed by atoms with Gasteiger partial charge in [-0.05, 0) is 31.0 Å². The maximum atomic E-state index is 9.67. The topological polar surface area (TPSA) is 58.7 Å². The van der Waals surface area contributed by atoms with Crippen LogP contribution in [0.1, 0.15) is 24.9 Å². The molecular weight excluding hydrogens is 228 g/mol. The maximum absolute atomic E-state index is 9.67. The van der Waals surface area contributed by atoms with Crippen molar-refractivity contribution in [1.29, 1.82) is 0 Å². The van der Waals surface area contributed by atoms with Gasteiger partial charge in [-0.3, -0.25) is 4.90 Å². The number of nitrogens with two attached hydrogens (primary N) is 1. The molecule has 1 aliphatic heterocycles. The monoisotopic (exact) mass is 250 g/mol. The predicted molar refractivity (Wildman–Crippen MR) is 71.6 cm³/mol. The molecule has 4 nitrogen and oxygen atoms in total. The van der Waals surface area contributed by atoms with Crippen LogP contribution in [0.2, 0.25) is 0 Å². The molecule has 18 heavy (non-hydrogen) atoms. The Morgan fingerprint density at radius 2 is 2.28 bits per heavy atom. The number of likely N-dealkylation sites (tertiary alicyclic amines) is 1. The van der Waals surface area contributed by atoms with Crippen molar-refractivity contribution < 1.29 is 9.84 Å². The Balaban J connectivity index is 2.23. The van der Waals surface area contributed by atoms with E-state index in [9.17, 15) is 5.11 Å². The Hall–Kier alpha value is -1.10. The highest BCUT2D eigenvalue weighted by atomic mass is 16.5. The number of ether oxygens (including phenoxy) is 1. The fourth-order valence-corrected chi connectivity index (χ4v) is 2.69. The van der Waals surface area contributed by atoms with Crippen molar-refractivity contribution in [3.8, 4) is 5.75 Å². The molecule has 0 radical (unpaired) electrons. The lowest BCUT2D eigenvalue weighted by Crippen LogP contribution is -2.38. The summed E-state index contributed by atoms with van der Waals surface area (Å²) in [5.74, 6) is 0.845. The van der Waals surface area contributed by atoms with Crippen LogP contribution >= 0.6 is 0 Å². The van der Waals surface area contributed by atoms with E-state index < -0.39 is 0 Å². The SMILES string of the molecule is COc1cccc(C(C(C)N)N2CCC(O)C2)c1. The standard InChI is InChI=1S/C14H22N2O2/c1-10(15)14(16-7-6-12(17)9-16)11-4-3-5-13(8-11)18-2/h3-5,8,10,12,14,17H,6-7,9,15H2,1-2H3. The van der Waals surface area contributed by atoms with Crippen molar-refractivity contribution in [1.82, 2.24) is 4.90 Å². The number of benzene rings is 1. The van der Waals surface area contributed by atoms with Crippen molar-refractivity contribution in [2.75, 3.05) is 20.2 Å². The lowest BCUT2D eigenvalue weighted by atomic mass is 9.99. The normalized spacial score (nSPS) is 23.9. The van der Waals surface area contributed by atoms with Gasteiger partial charge in [0.1, 0.15) is 5.75 Å². The quantitative estimate of drug-likeness (QED) is 0.841. The molecule has 1 aromatic rings. The summed E-state index contributed by atoms with van der Waals surface area (Å²) in [6.45, 7) is 3.60. The van der Waals surface area contributed by atoms with Crippen LogP contribution in [0.3, 0.4) is 0 Å². The molecule has 4 heteroatoms. The third kappa shape index (κ3) is 2.83. The molecule has 0 spiro atoms.